The zero-order chi connectivity index (χ0) is 13.5. The maximum atomic E-state index is 11.4. The van der Waals surface area contributed by atoms with Crippen LogP contribution in [0.2, 0.25) is 0 Å². The highest BCUT2D eigenvalue weighted by atomic mass is 79.9. The van der Waals surface area contributed by atoms with Crippen molar-refractivity contribution in [2.75, 3.05) is 6.61 Å². The number of fused-ring (bicyclic) bond motifs is 1. The van der Waals surface area contributed by atoms with Crippen LogP contribution in [0.25, 0.3) is 11.0 Å². The van der Waals surface area contributed by atoms with Crippen LogP contribution in [0.1, 0.15) is 12.5 Å². The first kappa shape index (κ1) is 14.4. The van der Waals surface area contributed by atoms with E-state index in [1.165, 1.54) is 12.3 Å². The monoisotopic (exact) mass is 312 g/mol. The van der Waals surface area contributed by atoms with Crippen molar-refractivity contribution in [3.05, 3.63) is 44.7 Å². The number of rotatable bonds is 2. The predicted molar refractivity (Wildman–Crippen MR) is 72.6 cm³/mol. The van der Waals surface area contributed by atoms with Gasteiger partial charge in [0, 0.05) is 6.07 Å². The smallest absolute Gasteiger partial charge is 0.293 e. The molecule has 0 bridgehead atoms. The molecule has 18 heavy (non-hydrogen) atoms. The van der Waals surface area contributed by atoms with E-state index in [2.05, 4.69) is 20.7 Å². The highest BCUT2D eigenvalue weighted by Gasteiger charge is 2.04. The standard InChI is InChI=1S/C10H7BrO2.C3H6O2/c1-6-4-7-9(12)2-3-13-10(7)8(11)5-6;1-2-5-3-4/h2-5H,1H3;3H,2H2,1H3. The second-order valence-electron chi connectivity index (χ2n) is 3.46. The Hall–Kier alpha value is -1.62. The third-order valence-electron chi connectivity index (χ3n) is 2.09. The second kappa shape index (κ2) is 6.96. The van der Waals surface area contributed by atoms with Gasteiger partial charge < -0.3 is 9.15 Å². The highest BCUT2D eigenvalue weighted by molar-refractivity contribution is 9.10. The summed E-state index contributed by atoms with van der Waals surface area (Å²) in [6, 6.07) is 5.17. The second-order valence-corrected chi connectivity index (χ2v) is 4.31. The van der Waals surface area contributed by atoms with Gasteiger partial charge in [-0.1, -0.05) is 0 Å². The van der Waals surface area contributed by atoms with Gasteiger partial charge in [-0.25, -0.2) is 0 Å². The summed E-state index contributed by atoms with van der Waals surface area (Å²) in [5, 5.41) is 0.620. The van der Waals surface area contributed by atoms with Gasteiger partial charge in [0.15, 0.2) is 11.0 Å². The van der Waals surface area contributed by atoms with E-state index < -0.39 is 0 Å². The molecule has 0 fully saturated rings. The minimum absolute atomic E-state index is 0.00866. The first-order chi connectivity index (χ1) is 8.60. The molecule has 5 heteroatoms. The molecule has 0 aliphatic rings. The van der Waals surface area contributed by atoms with Crippen LogP contribution in [0.4, 0.5) is 0 Å². The lowest BCUT2D eigenvalue weighted by atomic mass is 10.1. The van der Waals surface area contributed by atoms with Crippen molar-refractivity contribution < 1.29 is 13.9 Å². The van der Waals surface area contributed by atoms with E-state index >= 15 is 0 Å². The van der Waals surface area contributed by atoms with Gasteiger partial charge in [-0.2, -0.15) is 0 Å². The highest BCUT2D eigenvalue weighted by Crippen LogP contribution is 2.22. The first-order valence-electron chi connectivity index (χ1n) is 5.33. The van der Waals surface area contributed by atoms with Crippen LogP contribution in [-0.2, 0) is 9.53 Å². The summed E-state index contributed by atoms with van der Waals surface area (Å²) in [6.07, 6.45) is 1.41. The van der Waals surface area contributed by atoms with E-state index in [-0.39, 0.29) is 5.43 Å². The van der Waals surface area contributed by atoms with Gasteiger partial charge in [0.1, 0.15) is 0 Å². The van der Waals surface area contributed by atoms with E-state index in [9.17, 15) is 9.59 Å². The number of carbonyl (C=O) groups excluding carboxylic acids is 1. The van der Waals surface area contributed by atoms with Gasteiger partial charge in [0.2, 0.25) is 0 Å². The van der Waals surface area contributed by atoms with Crippen molar-refractivity contribution in [1.82, 2.24) is 0 Å². The molecule has 0 N–H and O–H groups in total. The van der Waals surface area contributed by atoms with Crippen molar-refractivity contribution in [2.24, 2.45) is 0 Å². The normalized spacial score (nSPS) is 9.50. The number of benzene rings is 1. The molecule has 2 rings (SSSR count). The number of hydrogen-bond acceptors (Lipinski definition) is 4. The van der Waals surface area contributed by atoms with Crippen LogP contribution in [0.5, 0.6) is 0 Å². The lowest BCUT2D eigenvalue weighted by molar-refractivity contribution is -0.128. The number of carbonyl (C=O) groups is 1. The van der Waals surface area contributed by atoms with Crippen LogP contribution in [-0.4, -0.2) is 13.1 Å². The van der Waals surface area contributed by atoms with Crippen LogP contribution < -0.4 is 5.43 Å². The molecular weight excluding hydrogens is 300 g/mol. The predicted octanol–water partition coefficient (Wildman–Crippen LogP) is 3.04. The fourth-order valence-electron chi connectivity index (χ4n) is 1.35. The molecule has 0 spiro atoms. The average molecular weight is 313 g/mol. The summed E-state index contributed by atoms with van der Waals surface area (Å²) in [4.78, 5) is 20.6. The molecule has 0 atom stereocenters. The zero-order valence-corrected chi connectivity index (χ0v) is 11.7. The number of hydrogen-bond donors (Lipinski definition) is 0. The Morgan fingerprint density at radius 2 is 2.17 bits per heavy atom. The molecule has 1 aromatic heterocycles. The minimum Gasteiger partial charge on any atom is -0.468 e. The zero-order valence-electron chi connectivity index (χ0n) is 10.1. The number of halogens is 1. The van der Waals surface area contributed by atoms with Gasteiger partial charge in [0.25, 0.3) is 6.47 Å². The molecule has 0 radical (unpaired) electrons. The Bertz CT molecular complexity index is 589. The Labute approximate surface area is 113 Å². The SMILES string of the molecule is CCOC=O.Cc1cc(Br)c2occc(=O)c2c1. The third kappa shape index (κ3) is 3.70. The number of ether oxygens (including phenoxy) is 1. The average Bonchev–Trinajstić information content (AvgIpc) is 2.32. The van der Waals surface area contributed by atoms with E-state index in [4.69, 9.17) is 4.42 Å². The Balaban J connectivity index is 0.000000280. The Morgan fingerprint density at radius 1 is 1.44 bits per heavy atom. The molecule has 1 heterocycles. The fraction of sp³-hybridized carbons (Fsp3) is 0.231. The summed E-state index contributed by atoms with van der Waals surface area (Å²) in [7, 11) is 0. The van der Waals surface area contributed by atoms with Gasteiger partial charge in [0.05, 0.1) is 22.7 Å². The van der Waals surface area contributed by atoms with E-state index in [0.29, 0.717) is 24.0 Å². The van der Waals surface area contributed by atoms with Gasteiger partial charge in [-0.15, -0.1) is 0 Å². The minimum atomic E-state index is -0.00866. The molecule has 0 saturated heterocycles. The molecule has 0 aliphatic carbocycles. The summed E-state index contributed by atoms with van der Waals surface area (Å²) in [5.41, 5.74) is 1.64. The topological polar surface area (TPSA) is 56.5 Å². The molecule has 0 aliphatic heterocycles. The van der Waals surface area contributed by atoms with Crippen LogP contribution >= 0.6 is 15.9 Å². The first-order valence-corrected chi connectivity index (χ1v) is 6.12. The molecule has 96 valence electrons. The summed E-state index contributed by atoms with van der Waals surface area (Å²) >= 11 is 3.35. The quantitative estimate of drug-likeness (QED) is 0.800. The van der Waals surface area contributed by atoms with Crippen LogP contribution in [0, 0.1) is 6.92 Å². The maximum absolute atomic E-state index is 11.4. The van der Waals surface area contributed by atoms with Gasteiger partial charge in [-0.05, 0) is 47.5 Å². The fourth-order valence-corrected chi connectivity index (χ4v) is 2.02. The molecular formula is C13H13BrO4. The van der Waals surface area contributed by atoms with Gasteiger partial charge in [-0.3, -0.25) is 9.59 Å². The molecule has 4 nitrogen and oxygen atoms in total. The van der Waals surface area contributed by atoms with E-state index in [1.807, 2.05) is 19.1 Å². The molecule has 2 aromatic rings. The summed E-state index contributed by atoms with van der Waals surface area (Å²) in [5.74, 6) is 0. The van der Waals surface area contributed by atoms with E-state index in [0.717, 1.165) is 10.0 Å². The van der Waals surface area contributed by atoms with Crippen LogP contribution in [0.3, 0.4) is 0 Å². The molecule has 0 unspecified atom stereocenters. The van der Waals surface area contributed by atoms with Crippen molar-refractivity contribution in [3.8, 4) is 0 Å². The molecule has 0 amide bonds. The maximum Gasteiger partial charge on any atom is 0.293 e. The summed E-state index contributed by atoms with van der Waals surface area (Å²) < 4.78 is 10.2. The van der Waals surface area contributed by atoms with Crippen molar-refractivity contribution >= 4 is 33.4 Å². The van der Waals surface area contributed by atoms with Crippen molar-refractivity contribution in [1.29, 1.82) is 0 Å². The van der Waals surface area contributed by atoms with E-state index in [1.54, 1.807) is 6.92 Å². The Morgan fingerprint density at radius 3 is 2.72 bits per heavy atom. The van der Waals surface area contributed by atoms with Crippen LogP contribution in [0.15, 0.2) is 38.1 Å². The molecule has 0 saturated carbocycles. The number of aryl methyl sites for hydroxylation is 1. The Kier molecular flexibility index (Phi) is 5.58. The largest absolute Gasteiger partial charge is 0.468 e. The summed E-state index contributed by atoms with van der Waals surface area (Å²) in [6.45, 7) is 4.61. The van der Waals surface area contributed by atoms with Crippen molar-refractivity contribution in [2.45, 2.75) is 13.8 Å². The molecule has 1 aromatic carbocycles. The van der Waals surface area contributed by atoms with Gasteiger partial charge >= 0.3 is 0 Å². The lowest BCUT2D eigenvalue weighted by Gasteiger charge is -1.99. The lowest BCUT2D eigenvalue weighted by Crippen LogP contribution is -1.98. The third-order valence-corrected chi connectivity index (χ3v) is 2.68. The van der Waals surface area contributed by atoms with Crippen molar-refractivity contribution in [3.63, 3.8) is 0 Å².